The molecule has 0 fully saturated rings. The maximum absolute atomic E-state index is 12.0. The first-order valence-corrected chi connectivity index (χ1v) is 5.98. The van der Waals surface area contributed by atoms with Gasteiger partial charge in [-0.05, 0) is 24.3 Å². The summed E-state index contributed by atoms with van der Waals surface area (Å²) in [5, 5.41) is 38.4. The van der Waals surface area contributed by atoms with E-state index >= 15 is 0 Å². The fraction of sp³-hybridized carbons (Fsp3) is 0. The average molecular weight is 286 g/mol. The summed E-state index contributed by atoms with van der Waals surface area (Å²) in [5.41, 5.74) is -0.437. The molecule has 0 bridgehead atoms. The van der Waals surface area contributed by atoms with Crippen molar-refractivity contribution in [2.45, 2.75) is 0 Å². The summed E-state index contributed by atoms with van der Waals surface area (Å²) in [7, 11) is 0. The molecule has 1 aromatic heterocycles. The van der Waals surface area contributed by atoms with Gasteiger partial charge >= 0.3 is 0 Å². The van der Waals surface area contributed by atoms with E-state index in [9.17, 15) is 25.2 Å². The third-order valence-corrected chi connectivity index (χ3v) is 3.10. The number of fused-ring (bicyclic) bond motifs is 1. The molecule has 0 aliphatic heterocycles. The van der Waals surface area contributed by atoms with Crippen LogP contribution in [0.2, 0.25) is 0 Å². The molecule has 0 saturated carbocycles. The third kappa shape index (κ3) is 2.02. The molecule has 1 heterocycles. The summed E-state index contributed by atoms with van der Waals surface area (Å²) in [6, 6.07) is 7.46. The number of hydrogen-bond acceptors (Lipinski definition) is 6. The molecule has 0 unspecified atom stereocenters. The first kappa shape index (κ1) is 12.9. The molecule has 0 amide bonds. The SMILES string of the molecule is O=c1cc(-c2ccc(O)cc2O)oc2c(O)c(O)ccc12. The van der Waals surface area contributed by atoms with E-state index in [-0.39, 0.29) is 33.8 Å². The van der Waals surface area contributed by atoms with Crippen LogP contribution >= 0.6 is 0 Å². The van der Waals surface area contributed by atoms with Crippen molar-refractivity contribution in [3.63, 3.8) is 0 Å². The monoisotopic (exact) mass is 286 g/mol. The minimum atomic E-state index is -0.551. The largest absolute Gasteiger partial charge is 0.508 e. The van der Waals surface area contributed by atoms with Crippen molar-refractivity contribution in [1.29, 1.82) is 0 Å². The summed E-state index contributed by atoms with van der Waals surface area (Å²) in [5.74, 6) is -1.38. The van der Waals surface area contributed by atoms with Crippen LogP contribution in [0.4, 0.5) is 0 Å². The van der Waals surface area contributed by atoms with Crippen molar-refractivity contribution in [1.82, 2.24) is 0 Å². The van der Waals surface area contributed by atoms with E-state index < -0.39 is 16.9 Å². The minimum absolute atomic E-state index is 0.00546. The summed E-state index contributed by atoms with van der Waals surface area (Å²) in [4.78, 5) is 12.0. The van der Waals surface area contributed by atoms with E-state index in [2.05, 4.69) is 0 Å². The number of hydrogen-bond donors (Lipinski definition) is 4. The van der Waals surface area contributed by atoms with Crippen molar-refractivity contribution in [3.8, 4) is 34.3 Å². The van der Waals surface area contributed by atoms with Gasteiger partial charge in [-0.25, -0.2) is 0 Å². The molecule has 3 aromatic rings. The fourth-order valence-corrected chi connectivity index (χ4v) is 2.06. The van der Waals surface area contributed by atoms with E-state index in [0.717, 1.165) is 12.1 Å². The van der Waals surface area contributed by atoms with Crippen LogP contribution in [0.3, 0.4) is 0 Å². The normalized spacial score (nSPS) is 10.9. The van der Waals surface area contributed by atoms with Gasteiger partial charge in [0.1, 0.15) is 17.3 Å². The van der Waals surface area contributed by atoms with Gasteiger partial charge in [-0.2, -0.15) is 0 Å². The Balaban J connectivity index is 2.34. The van der Waals surface area contributed by atoms with Gasteiger partial charge in [-0.3, -0.25) is 4.79 Å². The lowest BCUT2D eigenvalue weighted by molar-refractivity contribution is 0.400. The Morgan fingerprint density at radius 1 is 0.857 bits per heavy atom. The van der Waals surface area contributed by atoms with Crippen LogP contribution in [0.15, 0.2) is 45.6 Å². The second-order valence-corrected chi connectivity index (χ2v) is 4.49. The molecule has 0 aliphatic carbocycles. The highest BCUT2D eigenvalue weighted by Gasteiger charge is 2.15. The highest BCUT2D eigenvalue weighted by molar-refractivity contribution is 5.86. The molecule has 0 spiro atoms. The molecule has 106 valence electrons. The van der Waals surface area contributed by atoms with E-state index in [4.69, 9.17) is 4.42 Å². The molecule has 0 atom stereocenters. The molecular weight excluding hydrogens is 276 g/mol. The van der Waals surface area contributed by atoms with Gasteiger partial charge in [0.25, 0.3) is 0 Å². The van der Waals surface area contributed by atoms with Crippen LogP contribution in [0.1, 0.15) is 0 Å². The van der Waals surface area contributed by atoms with Crippen LogP contribution in [-0.2, 0) is 0 Å². The first-order chi connectivity index (χ1) is 9.97. The Labute approximate surface area is 117 Å². The molecule has 6 heteroatoms. The molecule has 3 rings (SSSR count). The number of phenolic OH excluding ortho intramolecular Hbond substituents is 4. The third-order valence-electron chi connectivity index (χ3n) is 3.10. The number of phenols is 4. The minimum Gasteiger partial charge on any atom is -0.508 e. The van der Waals surface area contributed by atoms with Crippen molar-refractivity contribution in [3.05, 3.63) is 46.6 Å². The zero-order valence-electron chi connectivity index (χ0n) is 10.6. The molecular formula is C15H10O6. The highest BCUT2D eigenvalue weighted by Crippen LogP contribution is 2.37. The van der Waals surface area contributed by atoms with Gasteiger partial charge in [-0.1, -0.05) is 0 Å². The standard InChI is InChI=1S/C15H10O6/c16-7-1-2-8(11(18)5-7)13-6-12(19)9-3-4-10(17)14(20)15(9)21-13/h1-6,16-18,20H. The van der Waals surface area contributed by atoms with E-state index in [1.165, 1.54) is 24.3 Å². The Morgan fingerprint density at radius 3 is 2.33 bits per heavy atom. The van der Waals surface area contributed by atoms with Crippen molar-refractivity contribution in [2.75, 3.05) is 0 Å². The van der Waals surface area contributed by atoms with Crippen molar-refractivity contribution < 1.29 is 24.8 Å². The topological polar surface area (TPSA) is 111 Å². The van der Waals surface area contributed by atoms with Gasteiger partial charge in [0, 0.05) is 12.1 Å². The van der Waals surface area contributed by atoms with Gasteiger partial charge in [0.2, 0.25) is 5.75 Å². The van der Waals surface area contributed by atoms with Crippen LogP contribution in [0.25, 0.3) is 22.3 Å². The zero-order valence-corrected chi connectivity index (χ0v) is 10.6. The Morgan fingerprint density at radius 2 is 1.62 bits per heavy atom. The summed E-state index contributed by atoms with van der Waals surface area (Å²) < 4.78 is 5.41. The maximum atomic E-state index is 12.0. The number of aromatic hydroxyl groups is 4. The second kappa shape index (κ2) is 4.45. The van der Waals surface area contributed by atoms with Crippen LogP contribution < -0.4 is 5.43 Å². The molecule has 0 saturated heterocycles. The van der Waals surface area contributed by atoms with Gasteiger partial charge in [0.15, 0.2) is 16.8 Å². The summed E-state index contributed by atoms with van der Waals surface area (Å²) in [6.07, 6.45) is 0. The average Bonchev–Trinajstić information content (AvgIpc) is 2.43. The van der Waals surface area contributed by atoms with E-state index in [0.29, 0.717) is 0 Å². The fourth-order valence-electron chi connectivity index (χ4n) is 2.06. The lowest BCUT2D eigenvalue weighted by Crippen LogP contribution is -2.00. The van der Waals surface area contributed by atoms with Crippen LogP contribution in [-0.4, -0.2) is 20.4 Å². The second-order valence-electron chi connectivity index (χ2n) is 4.49. The lowest BCUT2D eigenvalue weighted by atomic mass is 10.1. The molecule has 6 nitrogen and oxygen atoms in total. The lowest BCUT2D eigenvalue weighted by Gasteiger charge is -2.07. The molecule has 4 N–H and O–H groups in total. The van der Waals surface area contributed by atoms with Gasteiger partial charge < -0.3 is 24.8 Å². The predicted octanol–water partition coefficient (Wildman–Crippen LogP) is 2.28. The van der Waals surface area contributed by atoms with Gasteiger partial charge in [-0.15, -0.1) is 0 Å². The maximum Gasteiger partial charge on any atom is 0.201 e. The number of rotatable bonds is 1. The Hall–Kier alpha value is -3.15. The smallest absolute Gasteiger partial charge is 0.201 e. The Bertz CT molecular complexity index is 910. The van der Waals surface area contributed by atoms with Crippen molar-refractivity contribution in [2.24, 2.45) is 0 Å². The zero-order chi connectivity index (χ0) is 15.1. The van der Waals surface area contributed by atoms with E-state index in [1.54, 1.807) is 0 Å². The summed E-state index contributed by atoms with van der Waals surface area (Å²) >= 11 is 0. The predicted molar refractivity (Wildman–Crippen MR) is 74.6 cm³/mol. The molecule has 2 aromatic carbocycles. The highest BCUT2D eigenvalue weighted by atomic mass is 16.4. The Kier molecular flexibility index (Phi) is 2.72. The summed E-state index contributed by atoms with van der Waals surface area (Å²) in [6.45, 7) is 0. The van der Waals surface area contributed by atoms with Crippen molar-refractivity contribution >= 4 is 11.0 Å². The number of benzene rings is 2. The molecule has 0 radical (unpaired) electrons. The molecule has 21 heavy (non-hydrogen) atoms. The van der Waals surface area contributed by atoms with E-state index in [1.807, 2.05) is 0 Å². The quantitative estimate of drug-likeness (QED) is 0.511. The first-order valence-electron chi connectivity index (χ1n) is 5.98. The van der Waals surface area contributed by atoms with Crippen LogP contribution in [0, 0.1) is 0 Å². The molecule has 0 aliphatic rings. The van der Waals surface area contributed by atoms with Gasteiger partial charge in [0.05, 0.1) is 10.9 Å². The van der Waals surface area contributed by atoms with Crippen LogP contribution in [0.5, 0.6) is 23.0 Å².